The van der Waals surface area contributed by atoms with Crippen molar-refractivity contribution in [1.29, 1.82) is 0 Å². The van der Waals surface area contributed by atoms with Crippen LogP contribution in [0.1, 0.15) is 25.0 Å². The Labute approximate surface area is 119 Å². The van der Waals surface area contributed by atoms with E-state index in [-0.39, 0.29) is 0 Å². The van der Waals surface area contributed by atoms with Gasteiger partial charge < -0.3 is 4.90 Å². The Kier molecular flexibility index (Phi) is 4.68. The lowest BCUT2D eigenvalue weighted by Gasteiger charge is -2.41. The van der Waals surface area contributed by atoms with Crippen LogP contribution in [0.25, 0.3) is 0 Å². The van der Waals surface area contributed by atoms with E-state index < -0.39 is 0 Å². The Balaban J connectivity index is 2.13. The molecule has 0 spiro atoms. The third kappa shape index (κ3) is 2.89. The number of hydrogen-bond acceptors (Lipinski definition) is 2. The molecule has 1 aliphatic rings. The van der Waals surface area contributed by atoms with Crippen LogP contribution < -0.4 is 4.90 Å². The van der Waals surface area contributed by atoms with E-state index in [0.717, 1.165) is 25.0 Å². The molecule has 1 heterocycles. The molecular weight excluding hydrogens is 288 g/mol. The summed E-state index contributed by atoms with van der Waals surface area (Å²) in [5.74, 6) is 0. The Morgan fingerprint density at radius 2 is 2.11 bits per heavy atom. The molecule has 1 fully saturated rings. The van der Waals surface area contributed by atoms with Gasteiger partial charge in [-0.05, 0) is 37.6 Å². The summed E-state index contributed by atoms with van der Waals surface area (Å²) in [7, 11) is 0. The van der Waals surface area contributed by atoms with Crippen LogP contribution in [0.3, 0.4) is 0 Å². The minimum Gasteiger partial charge on any atom is -0.368 e. The van der Waals surface area contributed by atoms with Gasteiger partial charge >= 0.3 is 0 Å². The molecule has 0 bridgehead atoms. The fourth-order valence-corrected chi connectivity index (χ4v) is 3.19. The lowest BCUT2D eigenvalue weighted by molar-refractivity contribution is 0.199. The average Bonchev–Trinajstić information content (AvgIpc) is 2.38. The SMILES string of the molecule is CCN1CCN(c2ccc(CBr)cc2C)CC1C. The van der Waals surface area contributed by atoms with E-state index in [1.165, 1.54) is 23.4 Å². The van der Waals surface area contributed by atoms with Crippen LogP contribution >= 0.6 is 15.9 Å². The molecule has 2 nitrogen and oxygen atoms in total. The molecule has 1 unspecified atom stereocenters. The fourth-order valence-electron chi connectivity index (χ4n) is 2.84. The quantitative estimate of drug-likeness (QED) is 0.789. The molecule has 0 aliphatic carbocycles. The van der Waals surface area contributed by atoms with Crippen molar-refractivity contribution in [2.24, 2.45) is 0 Å². The smallest absolute Gasteiger partial charge is 0.0397 e. The Morgan fingerprint density at radius 1 is 1.33 bits per heavy atom. The molecule has 1 aromatic carbocycles. The zero-order valence-electron chi connectivity index (χ0n) is 11.6. The van der Waals surface area contributed by atoms with E-state index in [2.05, 4.69) is 64.7 Å². The van der Waals surface area contributed by atoms with E-state index in [1.54, 1.807) is 0 Å². The van der Waals surface area contributed by atoms with Crippen LogP contribution in [0.2, 0.25) is 0 Å². The van der Waals surface area contributed by atoms with Crippen LogP contribution in [-0.4, -0.2) is 37.1 Å². The van der Waals surface area contributed by atoms with Crippen molar-refractivity contribution < 1.29 is 0 Å². The van der Waals surface area contributed by atoms with Crippen LogP contribution in [0.4, 0.5) is 5.69 Å². The third-order valence-electron chi connectivity index (χ3n) is 3.93. The van der Waals surface area contributed by atoms with Gasteiger partial charge in [-0.25, -0.2) is 0 Å². The predicted octanol–water partition coefficient (Wildman–Crippen LogP) is 3.42. The van der Waals surface area contributed by atoms with E-state index in [4.69, 9.17) is 0 Å². The monoisotopic (exact) mass is 310 g/mol. The molecule has 1 atom stereocenters. The van der Waals surface area contributed by atoms with Gasteiger partial charge in [0.1, 0.15) is 0 Å². The number of anilines is 1. The highest BCUT2D eigenvalue weighted by atomic mass is 79.9. The van der Waals surface area contributed by atoms with Gasteiger partial charge in [-0.1, -0.05) is 35.0 Å². The Bertz CT molecular complexity index is 405. The molecular formula is C15H23BrN2. The number of rotatable bonds is 3. The van der Waals surface area contributed by atoms with Crippen LogP contribution in [0.15, 0.2) is 18.2 Å². The summed E-state index contributed by atoms with van der Waals surface area (Å²) in [6, 6.07) is 7.45. The molecule has 0 N–H and O–H groups in total. The minimum atomic E-state index is 0.652. The molecule has 3 heteroatoms. The lowest BCUT2D eigenvalue weighted by Crippen LogP contribution is -2.51. The number of nitrogens with zero attached hydrogens (tertiary/aromatic N) is 2. The topological polar surface area (TPSA) is 6.48 Å². The van der Waals surface area contributed by atoms with Crippen molar-refractivity contribution in [3.05, 3.63) is 29.3 Å². The van der Waals surface area contributed by atoms with Crippen molar-refractivity contribution in [3.8, 4) is 0 Å². The Hall–Kier alpha value is -0.540. The summed E-state index contributed by atoms with van der Waals surface area (Å²) in [6.07, 6.45) is 0. The van der Waals surface area contributed by atoms with Gasteiger partial charge in [-0.15, -0.1) is 0 Å². The summed E-state index contributed by atoms with van der Waals surface area (Å²) in [6.45, 7) is 11.4. The van der Waals surface area contributed by atoms with Crippen molar-refractivity contribution >= 4 is 21.6 Å². The summed E-state index contributed by atoms with van der Waals surface area (Å²) >= 11 is 3.52. The van der Waals surface area contributed by atoms with Crippen LogP contribution in [0.5, 0.6) is 0 Å². The van der Waals surface area contributed by atoms with Crippen molar-refractivity contribution in [3.63, 3.8) is 0 Å². The number of halogens is 1. The molecule has 1 saturated heterocycles. The predicted molar refractivity (Wildman–Crippen MR) is 82.7 cm³/mol. The number of benzene rings is 1. The highest BCUT2D eigenvalue weighted by Crippen LogP contribution is 2.24. The molecule has 0 aromatic heterocycles. The third-order valence-corrected chi connectivity index (χ3v) is 4.57. The molecule has 100 valence electrons. The standard InChI is InChI=1S/C15H23BrN2/c1-4-17-7-8-18(11-13(17)3)15-6-5-14(10-16)9-12(15)2/h5-6,9,13H,4,7-8,10-11H2,1-3H3. The summed E-state index contributed by atoms with van der Waals surface area (Å²) < 4.78 is 0. The van der Waals surface area contributed by atoms with Gasteiger partial charge in [0.25, 0.3) is 0 Å². The average molecular weight is 311 g/mol. The molecule has 1 aliphatic heterocycles. The van der Waals surface area contributed by atoms with E-state index in [0.29, 0.717) is 6.04 Å². The molecule has 0 radical (unpaired) electrons. The van der Waals surface area contributed by atoms with Gasteiger partial charge in [-0.3, -0.25) is 4.90 Å². The first kappa shape index (κ1) is 13.9. The maximum absolute atomic E-state index is 3.52. The molecule has 18 heavy (non-hydrogen) atoms. The minimum absolute atomic E-state index is 0.652. The van der Waals surface area contributed by atoms with Crippen molar-refractivity contribution in [2.45, 2.75) is 32.1 Å². The van der Waals surface area contributed by atoms with Gasteiger partial charge in [0, 0.05) is 36.7 Å². The summed E-state index contributed by atoms with van der Waals surface area (Å²) in [5, 5.41) is 0.939. The molecule has 1 aromatic rings. The zero-order chi connectivity index (χ0) is 13.1. The maximum Gasteiger partial charge on any atom is 0.0397 e. The van der Waals surface area contributed by atoms with Crippen LogP contribution in [-0.2, 0) is 5.33 Å². The Morgan fingerprint density at radius 3 is 2.67 bits per heavy atom. The summed E-state index contributed by atoms with van der Waals surface area (Å²) in [4.78, 5) is 5.09. The molecule has 0 saturated carbocycles. The second-order valence-corrected chi connectivity index (χ2v) is 5.74. The van der Waals surface area contributed by atoms with E-state index in [9.17, 15) is 0 Å². The highest BCUT2D eigenvalue weighted by molar-refractivity contribution is 9.08. The molecule has 2 rings (SSSR count). The van der Waals surface area contributed by atoms with Gasteiger partial charge in [0.2, 0.25) is 0 Å². The number of alkyl halides is 1. The van der Waals surface area contributed by atoms with Crippen molar-refractivity contribution in [2.75, 3.05) is 31.1 Å². The fraction of sp³-hybridized carbons (Fsp3) is 0.600. The maximum atomic E-state index is 3.52. The van der Waals surface area contributed by atoms with E-state index >= 15 is 0 Å². The second kappa shape index (κ2) is 6.07. The molecule has 0 amide bonds. The number of likely N-dealkylation sites (N-methyl/N-ethyl adjacent to an activating group) is 1. The number of piperazine rings is 1. The highest BCUT2D eigenvalue weighted by Gasteiger charge is 2.23. The largest absolute Gasteiger partial charge is 0.368 e. The van der Waals surface area contributed by atoms with Crippen molar-refractivity contribution in [1.82, 2.24) is 4.90 Å². The van der Waals surface area contributed by atoms with E-state index in [1.807, 2.05) is 0 Å². The number of hydrogen-bond donors (Lipinski definition) is 0. The summed E-state index contributed by atoms with van der Waals surface area (Å²) in [5.41, 5.74) is 4.16. The van der Waals surface area contributed by atoms with Gasteiger partial charge in [0.05, 0.1) is 0 Å². The first-order valence-corrected chi connectivity index (χ1v) is 7.92. The van der Waals surface area contributed by atoms with Gasteiger partial charge in [-0.2, -0.15) is 0 Å². The number of aryl methyl sites for hydroxylation is 1. The zero-order valence-corrected chi connectivity index (χ0v) is 13.2. The van der Waals surface area contributed by atoms with Crippen LogP contribution in [0, 0.1) is 6.92 Å². The first-order chi connectivity index (χ1) is 8.65. The normalized spacial score (nSPS) is 21.3. The second-order valence-electron chi connectivity index (χ2n) is 5.18. The lowest BCUT2D eigenvalue weighted by atomic mass is 10.1. The van der Waals surface area contributed by atoms with Gasteiger partial charge in [0.15, 0.2) is 0 Å². The first-order valence-electron chi connectivity index (χ1n) is 6.80.